The third-order valence-corrected chi connectivity index (χ3v) is 6.66. The molecule has 1 aliphatic rings. The molecule has 0 radical (unpaired) electrons. The molecule has 35 heavy (non-hydrogen) atoms. The fraction of sp³-hybridized carbons (Fsp3) is 0.310. The highest BCUT2D eigenvalue weighted by molar-refractivity contribution is 6.35. The van der Waals surface area contributed by atoms with E-state index in [4.69, 9.17) is 32.7 Å². The smallest absolute Gasteiger partial charge is 0.338 e. The number of benzene rings is 3. The number of halogens is 2. The first-order chi connectivity index (χ1) is 16.9. The highest BCUT2D eigenvalue weighted by Gasteiger charge is 2.23. The molecule has 184 valence electrons. The Hall–Kier alpha value is -2.82. The Labute approximate surface area is 217 Å². The molecule has 0 saturated heterocycles. The van der Waals surface area contributed by atoms with Crippen molar-refractivity contribution >= 4 is 35.1 Å². The summed E-state index contributed by atoms with van der Waals surface area (Å²) < 4.78 is 10.9. The maximum absolute atomic E-state index is 12.0. The van der Waals surface area contributed by atoms with E-state index in [1.807, 2.05) is 55.5 Å². The van der Waals surface area contributed by atoms with Crippen LogP contribution in [-0.4, -0.2) is 25.2 Å². The first-order valence-corrected chi connectivity index (χ1v) is 12.5. The molecule has 0 bridgehead atoms. The van der Waals surface area contributed by atoms with Gasteiger partial charge < -0.3 is 9.47 Å². The quantitative estimate of drug-likeness (QED) is 0.316. The molecule has 6 heteroatoms. The number of hydrogen-bond donors (Lipinski definition) is 0. The molecule has 4 nitrogen and oxygen atoms in total. The van der Waals surface area contributed by atoms with Gasteiger partial charge in [0.2, 0.25) is 0 Å². The Morgan fingerprint density at radius 3 is 1.51 bits per heavy atom. The molecule has 0 N–H and O–H groups in total. The van der Waals surface area contributed by atoms with Gasteiger partial charge in [-0.15, -0.1) is 0 Å². The van der Waals surface area contributed by atoms with E-state index in [1.165, 1.54) is 0 Å². The van der Waals surface area contributed by atoms with E-state index in [0.717, 1.165) is 36.3 Å². The van der Waals surface area contributed by atoms with Gasteiger partial charge in [0.25, 0.3) is 0 Å². The second-order valence-electron chi connectivity index (χ2n) is 8.71. The molecule has 1 saturated carbocycles. The summed E-state index contributed by atoms with van der Waals surface area (Å²) in [5.74, 6) is 0.265. The Bertz CT molecular complexity index is 1010. The van der Waals surface area contributed by atoms with Crippen molar-refractivity contribution in [2.45, 2.75) is 32.6 Å². The molecular weight excluding hydrogens is 483 g/mol. The second kappa shape index (κ2) is 13.9. The summed E-state index contributed by atoms with van der Waals surface area (Å²) in [4.78, 5) is 24.0. The van der Waals surface area contributed by atoms with Crippen LogP contribution in [0.3, 0.4) is 0 Å². The van der Waals surface area contributed by atoms with Gasteiger partial charge >= 0.3 is 11.9 Å². The van der Waals surface area contributed by atoms with Crippen molar-refractivity contribution in [1.82, 2.24) is 0 Å². The SMILES string of the molecule is Cc1ccc(Cl)cc1Cl.O=C(OCC1CCC(COC(=O)c2ccccc2)CC1)c1ccccc1. The van der Waals surface area contributed by atoms with Gasteiger partial charge in [-0.25, -0.2) is 9.59 Å². The Balaban J connectivity index is 0.000000320. The summed E-state index contributed by atoms with van der Waals surface area (Å²) in [7, 11) is 0. The number of hydrogen-bond acceptors (Lipinski definition) is 4. The van der Waals surface area contributed by atoms with Crippen LogP contribution < -0.4 is 0 Å². The lowest BCUT2D eigenvalue weighted by atomic mass is 9.83. The van der Waals surface area contributed by atoms with Crippen LogP contribution in [0.15, 0.2) is 78.9 Å². The Morgan fingerprint density at radius 1 is 0.714 bits per heavy atom. The third-order valence-electron chi connectivity index (χ3n) is 6.02. The first kappa shape index (κ1) is 26.8. The third kappa shape index (κ3) is 9.04. The van der Waals surface area contributed by atoms with Crippen molar-refractivity contribution in [2.24, 2.45) is 11.8 Å². The normalized spacial score (nSPS) is 17.0. The average molecular weight is 513 g/mol. The Kier molecular flexibility index (Phi) is 10.6. The standard InChI is InChI=1S/C22H24O4.C7H6Cl2/c23-21(19-7-3-1-4-8-19)25-15-17-11-13-18(14-12-17)16-26-22(24)20-9-5-2-6-10-20;1-5-2-3-6(8)4-7(5)9/h1-10,17-18H,11-16H2;2-4H,1H3. The molecule has 0 aliphatic heterocycles. The molecule has 0 aromatic heterocycles. The van der Waals surface area contributed by atoms with E-state index in [1.54, 1.807) is 30.3 Å². The van der Waals surface area contributed by atoms with Crippen LogP contribution in [0.25, 0.3) is 0 Å². The summed E-state index contributed by atoms with van der Waals surface area (Å²) in [6, 6.07) is 23.6. The van der Waals surface area contributed by atoms with Gasteiger partial charge in [-0.3, -0.25) is 0 Å². The molecule has 1 aliphatic carbocycles. The van der Waals surface area contributed by atoms with Crippen molar-refractivity contribution in [2.75, 3.05) is 13.2 Å². The van der Waals surface area contributed by atoms with Crippen molar-refractivity contribution in [3.8, 4) is 0 Å². The zero-order chi connectivity index (χ0) is 25.0. The molecule has 0 unspecified atom stereocenters. The Morgan fingerprint density at radius 2 is 1.14 bits per heavy atom. The highest BCUT2D eigenvalue weighted by atomic mass is 35.5. The van der Waals surface area contributed by atoms with Crippen molar-refractivity contribution in [1.29, 1.82) is 0 Å². The number of carbonyl (C=O) groups excluding carboxylic acids is 2. The van der Waals surface area contributed by atoms with Crippen LogP contribution in [-0.2, 0) is 9.47 Å². The van der Waals surface area contributed by atoms with Gasteiger partial charge in [-0.05, 0) is 86.4 Å². The van der Waals surface area contributed by atoms with E-state index in [2.05, 4.69) is 0 Å². The van der Waals surface area contributed by atoms with Gasteiger partial charge in [-0.2, -0.15) is 0 Å². The fourth-order valence-corrected chi connectivity index (χ4v) is 4.24. The summed E-state index contributed by atoms with van der Waals surface area (Å²) >= 11 is 11.4. The minimum atomic E-state index is -0.260. The summed E-state index contributed by atoms with van der Waals surface area (Å²) in [6.45, 7) is 2.87. The molecule has 3 aromatic rings. The van der Waals surface area contributed by atoms with E-state index in [9.17, 15) is 9.59 Å². The van der Waals surface area contributed by atoms with Crippen LogP contribution in [0, 0.1) is 18.8 Å². The monoisotopic (exact) mass is 512 g/mol. The number of esters is 2. The highest BCUT2D eigenvalue weighted by Crippen LogP contribution is 2.29. The van der Waals surface area contributed by atoms with Crippen molar-refractivity contribution in [3.05, 3.63) is 106 Å². The molecular formula is C29H30Cl2O4. The van der Waals surface area contributed by atoms with Crippen LogP contribution >= 0.6 is 23.2 Å². The number of carbonyl (C=O) groups is 2. The van der Waals surface area contributed by atoms with Crippen LogP contribution in [0.1, 0.15) is 52.0 Å². The topological polar surface area (TPSA) is 52.6 Å². The van der Waals surface area contributed by atoms with Gasteiger partial charge in [0, 0.05) is 10.0 Å². The predicted molar refractivity (Wildman–Crippen MR) is 140 cm³/mol. The average Bonchev–Trinajstić information content (AvgIpc) is 2.90. The maximum atomic E-state index is 12.0. The van der Waals surface area contributed by atoms with E-state index < -0.39 is 0 Å². The van der Waals surface area contributed by atoms with Crippen molar-refractivity contribution in [3.63, 3.8) is 0 Å². The molecule has 3 aromatic carbocycles. The minimum absolute atomic E-state index is 0.260. The fourth-order valence-electron chi connectivity index (χ4n) is 3.83. The molecule has 0 heterocycles. The van der Waals surface area contributed by atoms with Gasteiger partial charge in [0.05, 0.1) is 24.3 Å². The van der Waals surface area contributed by atoms with E-state index >= 15 is 0 Å². The zero-order valence-corrected chi connectivity index (χ0v) is 21.3. The predicted octanol–water partition coefficient (Wildman–Crippen LogP) is 7.81. The van der Waals surface area contributed by atoms with E-state index in [-0.39, 0.29) is 11.9 Å². The summed E-state index contributed by atoms with van der Waals surface area (Å²) in [5, 5.41) is 1.41. The molecule has 1 fully saturated rings. The van der Waals surface area contributed by atoms with Gasteiger partial charge in [0.15, 0.2) is 0 Å². The van der Waals surface area contributed by atoms with Gasteiger partial charge in [-0.1, -0.05) is 65.7 Å². The van der Waals surface area contributed by atoms with Crippen LogP contribution in [0.5, 0.6) is 0 Å². The lowest BCUT2D eigenvalue weighted by Crippen LogP contribution is -2.24. The van der Waals surface area contributed by atoms with Gasteiger partial charge in [0.1, 0.15) is 0 Å². The number of ether oxygens (including phenoxy) is 2. The maximum Gasteiger partial charge on any atom is 0.338 e. The summed E-state index contributed by atoms with van der Waals surface area (Å²) in [6.07, 6.45) is 3.98. The molecule has 0 amide bonds. The minimum Gasteiger partial charge on any atom is -0.462 e. The second-order valence-corrected chi connectivity index (χ2v) is 9.55. The lowest BCUT2D eigenvalue weighted by molar-refractivity contribution is 0.0297. The number of aryl methyl sites for hydroxylation is 1. The van der Waals surface area contributed by atoms with E-state index in [0.29, 0.717) is 41.2 Å². The first-order valence-electron chi connectivity index (χ1n) is 11.8. The molecule has 4 rings (SSSR count). The van der Waals surface area contributed by atoms with Crippen LogP contribution in [0.4, 0.5) is 0 Å². The number of rotatable bonds is 6. The van der Waals surface area contributed by atoms with Crippen molar-refractivity contribution < 1.29 is 19.1 Å². The summed E-state index contributed by atoms with van der Waals surface area (Å²) in [5.41, 5.74) is 2.24. The zero-order valence-electron chi connectivity index (χ0n) is 19.8. The lowest BCUT2D eigenvalue weighted by Gasteiger charge is -2.27. The molecule has 0 spiro atoms. The largest absolute Gasteiger partial charge is 0.462 e. The van der Waals surface area contributed by atoms with Crippen LogP contribution in [0.2, 0.25) is 10.0 Å². The molecule has 0 atom stereocenters.